The van der Waals surface area contributed by atoms with Gasteiger partial charge < -0.3 is 30.5 Å². The molecule has 1 aromatic heterocycles. The van der Waals surface area contributed by atoms with E-state index in [0.717, 1.165) is 0 Å². The first-order valence-electron chi connectivity index (χ1n) is 8.84. The Balaban J connectivity index is 1.58. The summed E-state index contributed by atoms with van der Waals surface area (Å²) in [6.45, 7) is -0.445. The van der Waals surface area contributed by atoms with Crippen LogP contribution >= 0.6 is 46.7 Å². The van der Waals surface area contributed by atoms with Gasteiger partial charge in [-0.05, 0) is 18.2 Å². The fraction of sp³-hybridized carbons (Fsp3) is 0.412. The molecule has 3 heterocycles. The first-order valence-corrected chi connectivity index (χ1v) is 11.4. The van der Waals surface area contributed by atoms with E-state index in [0.29, 0.717) is 26.3 Å². The van der Waals surface area contributed by atoms with Gasteiger partial charge in [0, 0.05) is 10.3 Å². The van der Waals surface area contributed by atoms with E-state index in [9.17, 15) is 20.4 Å². The van der Waals surface area contributed by atoms with Gasteiger partial charge in [-0.25, -0.2) is 4.68 Å². The number of halogens is 2. The molecule has 0 bridgehead atoms. The van der Waals surface area contributed by atoms with Crippen LogP contribution in [0.2, 0.25) is 10.0 Å². The van der Waals surface area contributed by atoms with Gasteiger partial charge in [0.25, 0.3) is 0 Å². The van der Waals surface area contributed by atoms with Crippen molar-refractivity contribution in [3.63, 3.8) is 0 Å². The lowest BCUT2D eigenvalue weighted by Gasteiger charge is -2.41. The van der Waals surface area contributed by atoms with Gasteiger partial charge in [0.05, 0.1) is 28.5 Å². The molecule has 1 fully saturated rings. The normalized spacial score (nSPS) is 31.5. The van der Waals surface area contributed by atoms with Crippen LogP contribution in [0, 0.1) is 0 Å². The highest BCUT2D eigenvalue weighted by Crippen LogP contribution is 2.39. The number of benzene rings is 1. The Labute approximate surface area is 190 Å². The summed E-state index contributed by atoms with van der Waals surface area (Å²) in [5.41, 5.74) is -0.564. The van der Waals surface area contributed by atoms with Crippen molar-refractivity contribution in [2.45, 2.75) is 40.2 Å². The van der Waals surface area contributed by atoms with Gasteiger partial charge >= 0.3 is 0 Å². The quantitative estimate of drug-likeness (QED) is 0.415. The lowest BCUT2D eigenvalue weighted by atomic mass is 9.97. The third-order valence-electron chi connectivity index (χ3n) is 4.68. The predicted molar refractivity (Wildman–Crippen MR) is 114 cm³/mol. The minimum absolute atomic E-state index is 0.362. The van der Waals surface area contributed by atoms with Gasteiger partial charge in [0.1, 0.15) is 35.5 Å². The molecule has 0 spiro atoms. The van der Waals surface area contributed by atoms with Crippen molar-refractivity contribution in [2.75, 3.05) is 6.61 Å². The van der Waals surface area contributed by atoms with E-state index >= 15 is 0 Å². The zero-order valence-electron chi connectivity index (χ0n) is 15.2. The van der Waals surface area contributed by atoms with Crippen LogP contribution in [-0.2, 0) is 4.74 Å². The van der Waals surface area contributed by atoms with Crippen LogP contribution in [0.25, 0.3) is 5.70 Å². The van der Waals surface area contributed by atoms with Gasteiger partial charge in [-0.3, -0.25) is 0 Å². The molecule has 0 saturated carbocycles. The Kier molecular flexibility index (Phi) is 6.82. The maximum atomic E-state index is 11.0. The summed E-state index contributed by atoms with van der Waals surface area (Å²) in [6, 6.07) is 4.10. The number of nitrogens with zero attached hydrogens (tertiary/aromatic N) is 3. The number of hydrogen-bond donors (Lipinski definition) is 5. The van der Waals surface area contributed by atoms with Crippen molar-refractivity contribution >= 4 is 52.4 Å². The Morgan fingerprint density at radius 3 is 2.67 bits per heavy atom. The number of aromatic nitrogens is 3. The SMILES string of the molecule is OC[C@H]1O[C@H](Sc2ccc(Cl)c(Cl)c2)[C@H](O)[C@@H](n2cc(C3=CSC(O)N3)nn2)[C@H]1O. The second kappa shape index (κ2) is 9.23. The third-order valence-corrected chi connectivity index (χ3v) is 7.31. The minimum atomic E-state index is -1.23. The van der Waals surface area contributed by atoms with Crippen molar-refractivity contribution in [3.8, 4) is 0 Å². The predicted octanol–water partition coefficient (Wildman–Crippen LogP) is 1.27. The molecule has 2 aromatic rings. The largest absolute Gasteiger partial charge is 0.394 e. The molecule has 1 unspecified atom stereocenters. The molecule has 1 saturated heterocycles. The maximum absolute atomic E-state index is 11.0. The van der Waals surface area contributed by atoms with E-state index in [1.165, 1.54) is 28.2 Å². The number of aliphatic hydroxyl groups is 4. The topological polar surface area (TPSA) is 133 Å². The summed E-state index contributed by atoms with van der Waals surface area (Å²) >= 11 is 14.4. The molecule has 13 heteroatoms. The van der Waals surface area contributed by atoms with Crippen LogP contribution < -0.4 is 5.32 Å². The zero-order chi connectivity index (χ0) is 21.4. The van der Waals surface area contributed by atoms with Gasteiger partial charge in [-0.1, -0.05) is 51.9 Å². The fourth-order valence-corrected chi connectivity index (χ4v) is 5.29. The number of aliphatic hydroxyl groups excluding tert-OH is 4. The molecule has 0 radical (unpaired) electrons. The van der Waals surface area contributed by atoms with Crippen molar-refractivity contribution in [3.05, 3.63) is 45.5 Å². The van der Waals surface area contributed by atoms with Gasteiger partial charge in [0.15, 0.2) is 5.56 Å². The lowest BCUT2D eigenvalue weighted by Crippen LogP contribution is -2.55. The number of thioether (sulfide) groups is 2. The molecule has 2 aliphatic heterocycles. The highest BCUT2D eigenvalue weighted by molar-refractivity contribution is 8.03. The molecule has 0 aliphatic carbocycles. The van der Waals surface area contributed by atoms with E-state index in [-0.39, 0.29) is 0 Å². The Bertz CT molecular complexity index is 949. The molecule has 6 atom stereocenters. The highest BCUT2D eigenvalue weighted by Gasteiger charge is 2.46. The smallest absolute Gasteiger partial charge is 0.177 e. The van der Waals surface area contributed by atoms with Crippen molar-refractivity contribution in [2.24, 2.45) is 0 Å². The molecular weight excluding hydrogens is 475 g/mol. The van der Waals surface area contributed by atoms with Crippen molar-refractivity contribution < 1.29 is 25.2 Å². The molecule has 2 aliphatic rings. The van der Waals surface area contributed by atoms with Crippen LogP contribution in [0.3, 0.4) is 0 Å². The molecule has 9 nitrogen and oxygen atoms in total. The van der Waals surface area contributed by atoms with Crippen LogP contribution in [-0.4, -0.2) is 71.3 Å². The van der Waals surface area contributed by atoms with E-state index in [2.05, 4.69) is 15.6 Å². The van der Waals surface area contributed by atoms with Crippen LogP contribution in [0.1, 0.15) is 11.7 Å². The second-order valence-electron chi connectivity index (χ2n) is 6.64. The summed E-state index contributed by atoms with van der Waals surface area (Å²) in [6.07, 6.45) is -1.79. The average molecular weight is 493 g/mol. The van der Waals surface area contributed by atoms with Crippen molar-refractivity contribution in [1.29, 1.82) is 0 Å². The second-order valence-corrected chi connectivity index (χ2v) is 9.58. The number of ether oxygens (including phenoxy) is 1. The highest BCUT2D eigenvalue weighted by atomic mass is 35.5. The minimum Gasteiger partial charge on any atom is -0.394 e. The van der Waals surface area contributed by atoms with E-state index in [1.807, 2.05) is 0 Å². The number of rotatable bonds is 5. The standard InChI is InChI=1S/C17H18Cl2N4O5S2/c18-8-2-1-7(3-9(8)19)30-16-15(26)13(14(25)12(5-24)28-16)23-4-10(21-22-23)11-6-29-17(27)20-11/h1-4,6,12-17,20,24-27H,5H2/t12-,13+,14+,15-,16-,17?/m1/s1. The lowest BCUT2D eigenvalue weighted by molar-refractivity contribution is -0.178. The third kappa shape index (κ3) is 4.45. The molecule has 162 valence electrons. The molecule has 4 rings (SSSR count). The first kappa shape index (κ1) is 22.2. The summed E-state index contributed by atoms with van der Waals surface area (Å²) in [4.78, 5) is 0.700. The summed E-state index contributed by atoms with van der Waals surface area (Å²) in [7, 11) is 0. The van der Waals surface area contributed by atoms with E-state index in [1.54, 1.807) is 29.8 Å². The monoisotopic (exact) mass is 492 g/mol. The number of hydrogen-bond acceptors (Lipinski definition) is 10. The van der Waals surface area contributed by atoms with E-state index in [4.69, 9.17) is 27.9 Å². The molecule has 0 amide bonds. The Morgan fingerprint density at radius 2 is 2.00 bits per heavy atom. The summed E-state index contributed by atoms with van der Waals surface area (Å²) < 4.78 is 7.07. The Morgan fingerprint density at radius 1 is 1.20 bits per heavy atom. The van der Waals surface area contributed by atoms with Gasteiger partial charge in [-0.2, -0.15) is 0 Å². The first-order chi connectivity index (χ1) is 14.4. The van der Waals surface area contributed by atoms with Crippen LogP contribution in [0.15, 0.2) is 34.7 Å². The maximum Gasteiger partial charge on any atom is 0.177 e. The van der Waals surface area contributed by atoms with Crippen LogP contribution in [0.5, 0.6) is 0 Å². The Hall–Kier alpha value is -1.02. The molecular formula is C17H18Cl2N4O5S2. The van der Waals surface area contributed by atoms with Crippen molar-refractivity contribution in [1.82, 2.24) is 20.3 Å². The average Bonchev–Trinajstić information content (AvgIpc) is 3.36. The summed E-state index contributed by atoms with van der Waals surface area (Å²) in [5.74, 6) is 0. The molecule has 30 heavy (non-hydrogen) atoms. The molecule has 1 aromatic carbocycles. The van der Waals surface area contributed by atoms with Gasteiger partial charge in [-0.15, -0.1) is 5.10 Å². The van der Waals surface area contributed by atoms with Gasteiger partial charge in [0.2, 0.25) is 0 Å². The van der Waals surface area contributed by atoms with E-state index < -0.39 is 42.0 Å². The van der Waals surface area contributed by atoms with Crippen LogP contribution in [0.4, 0.5) is 0 Å². The zero-order valence-corrected chi connectivity index (χ0v) is 18.3. The fourth-order valence-electron chi connectivity index (χ4n) is 3.18. The molecule has 5 N–H and O–H groups in total. The summed E-state index contributed by atoms with van der Waals surface area (Å²) in [5, 5.41) is 54.3. The number of nitrogens with one attached hydrogen (secondary N) is 1.